The van der Waals surface area contributed by atoms with Gasteiger partial charge < -0.3 is 20.3 Å². The van der Waals surface area contributed by atoms with Gasteiger partial charge in [-0.05, 0) is 25.0 Å². The van der Waals surface area contributed by atoms with Crippen molar-refractivity contribution in [2.45, 2.75) is 32.6 Å². The molecule has 1 aliphatic rings. The van der Waals surface area contributed by atoms with Crippen molar-refractivity contribution in [3.05, 3.63) is 23.2 Å². The molecule has 0 aliphatic carbocycles. The minimum atomic E-state index is -0.0191. The highest BCUT2D eigenvalue weighted by Gasteiger charge is 2.18. The standard InChI is InChI=1S/C18H26ClN3O3/c1-14(23)20-9-4-2-3-8-17(24)21-16-7-5-6-15(19)18(16)22-10-12-25-13-11-22/h5-7H,2-4,8-13H2,1H3,(H,20,23)(H,21,24). The number of carbonyl (C=O) groups is 2. The molecule has 25 heavy (non-hydrogen) atoms. The maximum atomic E-state index is 12.2. The van der Waals surface area contributed by atoms with Crippen molar-refractivity contribution in [2.24, 2.45) is 0 Å². The molecule has 1 aliphatic heterocycles. The molecule has 0 saturated carbocycles. The SMILES string of the molecule is CC(=O)NCCCCCC(=O)Nc1cccc(Cl)c1N1CCOCC1. The van der Waals surface area contributed by atoms with Gasteiger partial charge in [0.2, 0.25) is 11.8 Å². The number of amides is 2. The molecule has 2 rings (SSSR count). The molecular weight excluding hydrogens is 342 g/mol. The largest absolute Gasteiger partial charge is 0.378 e. The van der Waals surface area contributed by atoms with Crippen molar-refractivity contribution in [1.82, 2.24) is 5.32 Å². The molecule has 7 heteroatoms. The monoisotopic (exact) mass is 367 g/mol. The first-order valence-corrected chi connectivity index (χ1v) is 9.11. The average Bonchev–Trinajstić information content (AvgIpc) is 2.58. The lowest BCUT2D eigenvalue weighted by molar-refractivity contribution is -0.119. The average molecular weight is 368 g/mol. The van der Waals surface area contributed by atoms with E-state index in [2.05, 4.69) is 15.5 Å². The number of rotatable bonds is 8. The molecular formula is C18H26ClN3O3. The van der Waals surface area contributed by atoms with E-state index in [1.54, 1.807) is 0 Å². The van der Waals surface area contributed by atoms with Crippen LogP contribution < -0.4 is 15.5 Å². The summed E-state index contributed by atoms with van der Waals surface area (Å²) in [6.45, 7) is 5.00. The van der Waals surface area contributed by atoms with Crippen LogP contribution in [0.3, 0.4) is 0 Å². The van der Waals surface area contributed by atoms with Crippen molar-refractivity contribution >= 4 is 34.8 Å². The number of ether oxygens (including phenoxy) is 1. The number of nitrogens with zero attached hydrogens (tertiary/aromatic N) is 1. The van der Waals surface area contributed by atoms with Crippen LogP contribution in [-0.2, 0) is 14.3 Å². The summed E-state index contributed by atoms with van der Waals surface area (Å²) in [5, 5.41) is 6.37. The molecule has 1 aromatic carbocycles. The van der Waals surface area contributed by atoms with E-state index in [-0.39, 0.29) is 11.8 Å². The smallest absolute Gasteiger partial charge is 0.224 e. The van der Waals surface area contributed by atoms with Crippen molar-refractivity contribution in [3.8, 4) is 0 Å². The molecule has 0 aromatic heterocycles. The summed E-state index contributed by atoms with van der Waals surface area (Å²) in [7, 11) is 0. The Labute approximate surface area is 153 Å². The first-order chi connectivity index (χ1) is 12.1. The zero-order valence-electron chi connectivity index (χ0n) is 14.6. The quantitative estimate of drug-likeness (QED) is 0.693. The molecule has 0 bridgehead atoms. The Morgan fingerprint density at radius 3 is 2.68 bits per heavy atom. The van der Waals surface area contributed by atoms with E-state index >= 15 is 0 Å². The second-order valence-electron chi connectivity index (χ2n) is 6.08. The molecule has 138 valence electrons. The maximum absolute atomic E-state index is 12.2. The summed E-state index contributed by atoms with van der Waals surface area (Å²) in [6.07, 6.45) is 3.02. The number of carbonyl (C=O) groups excluding carboxylic acids is 2. The number of unbranched alkanes of at least 4 members (excludes halogenated alkanes) is 2. The molecule has 1 fully saturated rings. The van der Waals surface area contributed by atoms with E-state index in [0.717, 1.165) is 43.7 Å². The van der Waals surface area contributed by atoms with Gasteiger partial charge in [0.1, 0.15) is 0 Å². The predicted octanol–water partition coefficient (Wildman–Crippen LogP) is 2.81. The van der Waals surface area contributed by atoms with E-state index in [4.69, 9.17) is 16.3 Å². The number of morpholine rings is 1. The summed E-state index contributed by atoms with van der Waals surface area (Å²) in [6, 6.07) is 5.56. The van der Waals surface area contributed by atoms with Crippen molar-refractivity contribution in [2.75, 3.05) is 43.1 Å². The van der Waals surface area contributed by atoms with Crippen LogP contribution in [0.1, 0.15) is 32.6 Å². The lowest BCUT2D eigenvalue weighted by atomic mass is 10.1. The Kier molecular flexibility index (Phi) is 8.01. The Bertz CT molecular complexity index is 589. The summed E-state index contributed by atoms with van der Waals surface area (Å²) >= 11 is 6.37. The summed E-state index contributed by atoms with van der Waals surface area (Å²) < 4.78 is 5.38. The van der Waals surface area contributed by atoms with Gasteiger partial charge in [0.25, 0.3) is 0 Å². The van der Waals surface area contributed by atoms with Crippen molar-refractivity contribution in [1.29, 1.82) is 0 Å². The van der Waals surface area contributed by atoms with Gasteiger partial charge in [-0.25, -0.2) is 0 Å². The van der Waals surface area contributed by atoms with Gasteiger partial charge in [-0.15, -0.1) is 0 Å². The Morgan fingerprint density at radius 1 is 1.20 bits per heavy atom. The zero-order valence-corrected chi connectivity index (χ0v) is 15.4. The van der Waals surface area contributed by atoms with Crippen LogP contribution in [0.5, 0.6) is 0 Å². The molecule has 1 saturated heterocycles. The van der Waals surface area contributed by atoms with Gasteiger partial charge in [-0.1, -0.05) is 24.1 Å². The van der Waals surface area contributed by atoms with E-state index in [1.165, 1.54) is 6.92 Å². The molecule has 0 unspecified atom stereocenters. The molecule has 1 heterocycles. The fraction of sp³-hybridized carbons (Fsp3) is 0.556. The Balaban J connectivity index is 1.84. The third-order valence-corrected chi connectivity index (χ3v) is 4.35. The number of hydrogen-bond donors (Lipinski definition) is 2. The van der Waals surface area contributed by atoms with Gasteiger partial charge in [-0.2, -0.15) is 0 Å². The van der Waals surface area contributed by atoms with E-state index in [0.29, 0.717) is 31.2 Å². The number of benzene rings is 1. The third-order valence-electron chi connectivity index (χ3n) is 4.04. The highest BCUT2D eigenvalue weighted by atomic mass is 35.5. The molecule has 1 aromatic rings. The van der Waals surface area contributed by atoms with Crippen LogP contribution in [0.2, 0.25) is 5.02 Å². The maximum Gasteiger partial charge on any atom is 0.224 e. The number of anilines is 2. The van der Waals surface area contributed by atoms with Gasteiger partial charge in [0.05, 0.1) is 29.6 Å². The molecule has 0 atom stereocenters. The number of nitrogens with one attached hydrogen (secondary N) is 2. The molecule has 0 spiro atoms. The lowest BCUT2D eigenvalue weighted by Crippen LogP contribution is -2.37. The summed E-state index contributed by atoms with van der Waals surface area (Å²) in [4.78, 5) is 25.2. The Morgan fingerprint density at radius 2 is 1.96 bits per heavy atom. The topological polar surface area (TPSA) is 70.7 Å². The van der Waals surface area contributed by atoms with Gasteiger partial charge in [0, 0.05) is 33.0 Å². The van der Waals surface area contributed by atoms with Crippen LogP contribution >= 0.6 is 11.6 Å². The van der Waals surface area contributed by atoms with Crippen LogP contribution in [0, 0.1) is 0 Å². The zero-order chi connectivity index (χ0) is 18.1. The number of hydrogen-bond acceptors (Lipinski definition) is 4. The fourth-order valence-corrected chi connectivity index (χ4v) is 3.08. The first kappa shape index (κ1) is 19.5. The fourth-order valence-electron chi connectivity index (χ4n) is 2.79. The second kappa shape index (κ2) is 10.3. The first-order valence-electron chi connectivity index (χ1n) is 8.73. The van der Waals surface area contributed by atoms with Crippen molar-refractivity contribution in [3.63, 3.8) is 0 Å². The predicted molar refractivity (Wildman–Crippen MR) is 100 cm³/mol. The van der Waals surface area contributed by atoms with Gasteiger partial charge in [0.15, 0.2) is 0 Å². The van der Waals surface area contributed by atoms with Crippen LogP contribution in [0.4, 0.5) is 11.4 Å². The highest BCUT2D eigenvalue weighted by Crippen LogP contribution is 2.34. The second-order valence-corrected chi connectivity index (χ2v) is 6.48. The highest BCUT2D eigenvalue weighted by molar-refractivity contribution is 6.34. The van der Waals surface area contributed by atoms with Crippen LogP contribution in [0.25, 0.3) is 0 Å². The summed E-state index contributed by atoms with van der Waals surface area (Å²) in [5.41, 5.74) is 1.61. The number of para-hydroxylation sites is 1. The van der Waals surface area contributed by atoms with E-state index in [1.807, 2.05) is 18.2 Å². The molecule has 0 radical (unpaired) electrons. The van der Waals surface area contributed by atoms with Gasteiger partial charge in [-0.3, -0.25) is 9.59 Å². The third kappa shape index (κ3) is 6.55. The minimum absolute atomic E-state index is 0.0173. The van der Waals surface area contributed by atoms with Crippen LogP contribution in [-0.4, -0.2) is 44.7 Å². The van der Waals surface area contributed by atoms with E-state index < -0.39 is 0 Å². The van der Waals surface area contributed by atoms with Crippen LogP contribution in [0.15, 0.2) is 18.2 Å². The Hall–Kier alpha value is -1.79. The summed E-state index contributed by atoms with van der Waals surface area (Å²) in [5.74, 6) is -0.0364. The molecule has 2 amide bonds. The minimum Gasteiger partial charge on any atom is -0.378 e. The normalized spacial score (nSPS) is 14.2. The van der Waals surface area contributed by atoms with Gasteiger partial charge >= 0.3 is 0 Å². The van der Waals surface area contributed by atoms with E-state index in [9.17, 15) is 9.59 Å². The molecule has 2 N–H and O–H groups in total. The number of halogens is 1. The van der Waals surface area contributed by atoms with Crippen molar-refractivity contribution < 1.29 is 14.3 Å². The molecule has 6 nitrogen and oxygen atoms in total. The lowest BCUT2D eigenvalue weighted by Gasteiger charge is -2.31.